The average molecular weight is 289 g/mol. The molecule has 0 aliphatic rings. The summed E-state index contributed by atoms with van der Waals surface area (Å²) in [7, 11) is 0. The standard InChI is InChI=1S/C14H13ClN4O/c1-10-3-2-4-11(9-10)20-8-7-14-17-16-13-6-5-12(15)18-19(13)14/h2-6,9H,7-8H2,1H3. The van der Waals surface area contributed by atoms with E-state index in [1.807, 2.05) is 31.2 Å². The first-order valence-electron chi connectivity index (χ1n) is 6.29. The summed E-state index contributed by atoms with van der Waals surface area (Å²) < 4.78 is 7.34. The van der Waals surface area contributed by atoms with Gasteiger partial charge < -0.3 is 4.74 Å². The van der Waals surface area contributed by atoms with E-state index in [0.717, 1.165) is 11.6 Å². The molecule has 2 heterocycles. The number of aryl methyl sites for hydroxylation is 1. The van der Waals surface area contributed by atoms with Crippen molar-refractivity contribution in [3.63, 3.8) is 0 Å². The van der Waals surface area contributed by atoms with Crippen LogP contribution in [0.25, 0.3) is 5.65 Å². The van der Waals surface area contributed by atoms with Crippen LogP contribution in [0.1, 0.15) is 11.4 Å². The van der Waals surface area contributed by atoms with Crippen LogP contribution in [0, 0.1) is 6.92 Å². The zero-order chi connectivity index (χ0) is 13.9. The lowest BCUT2D eigenvalue weighted by Gasteiger charge is -2.05. The predicted molar refractivity (Wildman–Crippen MR) is 76.2 cm³/mol. The number of benzene rings is 1. The van der Waals surface area contributed by atoms with Gasteiger partial charge in [0, 0.05) is 6.42 Å². The van der Waals surface area contributed by atoms with Gasteiger partial charge in [-0.05, 0) is 36.8 Å². The molecule has 0 radical (unpaired) electrons. The van der Waals surface area contributed by atoms with Gasteiger partial charge in [-0.3, -0.25) is 0 Å². The largest absolute Gasteiger partial charge is 0.493 e. The SMILES string of the molecule is Cc1cccc(OCCc2nnc3ccc(Cl)nn23)c1. The van der Waals surface area contributed by atoms with Crippen molar-refractivity contribution >= 4 is 17.2 Å². The summed E-state index contributed by atoms with van der Waals surface area (Å²) in [6.07, 6.45) is 0.614. The van der Waals surface area contributed by atoms with Gasteiger partial charge in [0.25, 0.3) is 0 Å². The van der Waals surface area contributed by atoms with E-state index in [0.29, 0.717) is 23.8 Å². The molecule has 20 heavy (non-hydrogen) atoms. The van der Waals surface area contributed by atoms with Crippen LogP contribution in [0.2, 0.25) is 5.15 Å². The number of aromatic nitrogens is 4. The molecule has 0 aliphatic heterocycles. The van der Waals surface area contributed by atoms with Gasteiger partial charge in [0.2, 0.25) is 0 Å². The highest BCUT2D eigenvalue weighted by Gasteiger charge is 2.07. The van der Waals surface area contributed by atoms with Gasteiger partial charge in [-0.15, -0.1) is 10.2 Å². The molecule has 6 heteroatoms. The number of hydrogen-bond donors (Lipinski definition) is 0. The third-order valence-corrected chi connectivity index (χ3v) is 3.08. The highest BCUT2D eigenvalue weighted by atomic mass is 35.5. The maximum Gasteiger partial charge on any atom is 0.178 e. The van der Waals surface area contributed by atoms with Gasteiger partial charge in [0.05, 0.1) is 6.61 Å². The fourth-order valence-electron chi connectivity index (χ4n) is 1.93. The zero-order valence-electron chi connectivity index (χ0n) is 11.0. The van der Waals surface area contributed by atoms with Crippen LogP contribution in [-0.2, 0) is 6.42 Å². The summed E-state index contributed by atoms with van der Waals surface area (Å²) in [6, 6.07) is 11.4. The number of ether oxygens (including phenoxy) is 1. The molecule has 3 rings (SSSR count). The molecule has 0 aliphatic carbocycles. The van der Waals surface area contributed by atoms with Crippen molar-refractivity contribution in [1.82, 2.24) is 19.8 Å². The summed E-state index contributed by atoms with van der Waals surface area (Å²) in [5.41, 5.74) is 1.85. The Bertz CT molecular complexity index is 741. The highest BCUT2D eigenvalue weighted by Crippen LogP contribution is 2.13. The Labute approximate surface area is 121 Å². The third-order valence-electron chi connectivity index (χ3n) is 2.88. The average Bonchev–Trinajstić information content (AvgIpc) is 2.82. The van der Waals surface area contributed by atoms with E-state index in [9.17, 15) is 0 Å². The molecule has 1 aromatic carbocycles. The molecule has 0 N–H and O–H groups in total. The molecular formula is C14H13ClN4O. The Kier molecular flexibility index (Phi) is 3.52. The van der Waals surface area contributed by atoms with Crippen LogP contribution in [0.4, 0.5) is 0 Å². The minimum Gasteiger partial charge on any atom is -0.493 e. The van der Waals surface area contributed by atoms with Gasteiger partial charge in [0.1, 0.15) is 10.9 Å². The summed E-state index contributed by atoms with van der Waals surface area (Å²) in [5, 5.41) is 12.7. The molecule has 0 atom stereocenters. The number of halogens is 1. The Balaban J connectivity index is 1.69. The molecule has 102 valence electrons. The molecule has 0 spiro atoms. The van der Waals surface area contributed by atoms with Gasteiger partial charge >= 0.3 is 0 Å². The number of nitrogens with zero attached hydrogens (tertiary/aromatic N) is 4. The summed E-state index contributed by atoms with van der Waals surface area (Å²) in [4.78, 5) is 0. The Morgan fingerprint density at radius 1 is 1.20 bits per heavy atom. The Morgan fingerprint density at radius 3 is 2.95 bits per heavy atom. The minimum atomic E-state index is 0.415. The van der Waals surface area contributed by atoms with E-state index < -0.39 is 0 Å². The summed E-state index contributed by atoms with van der Waals surface area (Å²) in [5.74, 6) is 1.58. The second-order valence-corrected chi connectivity index (χ2v) is 4.84. The molecule has 3 aromatic rings. The first-order chi connectivity index (χ1) is 9.72. The quantitative estimate of drug-likeness (QED) is 0.741. The van der Waals surface area contributed by atoms with Crippen molar-refractivity contribution in [2.75, 3.05) is 6.61 Å². The van der Waals surface area contributed by atoms with E-state index in [1.54, 1.807) is 16.6 Å². The third kappa shape index (κ3) is 2.72. The first-order valence-corrected chi connectivity index (χ1v) is 6.66. The van der Waals surface area contributed by atoms with E-state index in [4.69, 9.17) is 16.3 Å². The van der Waals surface area contributed by atoms with Crippen molar-refractivity contribution in [2.24, 2.45) is 0 Å². The highest BCUT2D eigenvalue weighted by molar-refractivity contribution is 6.29. The molecule has 0 unspecified atom stereocenters. The van der Waals surface area contributed by atoms with E-state index in [-0.39, 0.29) is 0 Å². The minimum absolute atomic E-state index is 0.415. The van der Waals surface area contributed by atoms with Crippen LogP contribution >= 0.6 is 11.6 Å². The molecular weight excluding hydrogens is 276 g/mol. The lowest BCUT2D eigenvalue weighted by molar-refractivity contribution is 0.317. The van der Waals surface area contributed by atoms with Gasteiger partial charge in [-0.1, -0.05) is 23.7 Å². The predicted octanol–water partition coefficient (Wildman–Crippen LogP) is 2.71. The van der Waals surface area contributed by atoms with Crippen molar-refractivity contribution in [1.29, 1.82) is 0 Å². The molecule has 0 fully saturated rings. The normalized spacial score (nSPS) is 10.9. The maximum absolute atomic E-state index is 5.88. The molecule has 0 amide bonds. The second-order valence-electron chi connectivity index (χ2n) is 4.46. The number of rotatable bonds is 4. The fraction of sp³-hybridized carbons (Fsp3) is 0.214. The lowest BCUT2D eigenvalue weighted by Crippen LogP contribution is -2.06. The molecule has 0 bridgehead atoms. The summed E-state index contributed by atoms with van der Waals surface area (Å²) >= 11 is 5.88. The molecule has 0 saturated heterocycles. The van der Waals surface area contributed by atoms with Crippen LogP contribution < -0.4 is 4.74 Å². The monoisotopic (exact) mass is 288 g/mol. The van der Waals surface area contributed by atoms with E-state index >= 15 is 0 Å². The van der Waals surface area contributed by atoms with Crippen LogP contribution in [-0.4, -0.2) is 26.4 Å². The number of fused-ring (bicyclic) bond motifs is 1. The van der Waals surface area contributed by atoms with Crippen LogP contribution in [0.5, 0.6) is 5.75 Å². The summed E-state index contributed by atoms with van der Waals surface area (Å²) in [6.45, 7) is 2.54. The van der Waals surface area contributed by atoms with Crippen LogP contribution in [0.3, 0.4) is 0 Å². The van der Waals surface area contributed by atoms with Crippen LogP contribution in [0.15, 0.2) is 36.4 Å². The maximum atomic E-state index is 5.88. The van der Waals surface area contributed by atoms with E-state index in [2.05, 4.69) is 15.3 Å². The Morgan fingerprint density at radius 2 is 2.10 bits per heavy atom. The van der Waals surface area contributed by atoms with Crippen molar-refractivity contribution in [3.8, 4) is 5.75 Å². The van der Waals surface area contributed by atoms with Gasteiger partial charge in [-0.25, -0.2) is 0 Å². The molecule has 5 nitrogen and oxygen atoms in total. The lowest BCUT2D eigenvalue weighted by atomic mass is 10.2. The fourth-order valence-corrected chi connectivity index (χ4v) is 2.07. The van der Waals surface area contributed by atoms with Gasteiger partial charge in [-0.2, -0.15) is 9.61 Å². The molecule has 2 aromatic heterocycles. The zero-order valence-corrected chi connectivity index (χ0v) is 11.7. The number of hydrogen-bond acceptors (Lipinski definition) is 4. The van der Waals surface area contributed by atoms with Crippen molar-refractivity contribution in [3.05, 3.63) is 52.9 Å². The topological polar surface area (TPSA) is 52.3 Å². The Hall–Kier alpha value is -2.14. The first kappa shape index (κ1) is 12.9. The van der Waals surface area contributed by atoms with E-state index in [1.165, 1.54) is 5.56 Å². The second kappa shape index (κ2) is 5.46. The molecule has 0 saturated carbocycles. The van der Waals surface area contributed by atoms with Crippen molar-refractivity contribution in [2.45, 2.75) is 13.3 Å². The smallest absolute Gasteiger partial charge is 0.178 e. The van der Waals surface area contributed by atoms with Crippen molar-refractivity contribution < 1.29 is 4.74 Å². The van der Waals surface area contributed by atoms with Gasteiger partial charge in [0.15, 0.2) is 11.5 Å².